The zero-order valence-corrected chi connectivity index (χ0v) is 14.8. The van der Waals surface area contributed by atoms with Gasteiger partial charge in [0.25, 0.3) is 0 Å². The van der Waals surface area contributed by atoms with Gasteiger partial charge in [-0.15, -0.1) is 11.3 Å². The van der Waals surface area contributed by atoms with Crippen molar-refractivity contribution in [2.45, 2.75) is 26.5 Å². The number of benzene rings is 1. The second-order valence-electron chi connectivity index (χ2n) is 5.71. The standard InChI is InChI=1S/C18H22N2O3S/c1-3-20(18(21)19-10-15-9-8-13(2)24-15)11-14-12-22-16-6-4-5-7-17(16)23-14/h4-9,14H,3,10-12H2,1-2H3,(H,19,21). The van der Waals surface area contributed by atoms with E-state index in [1.165, 1.54) is 4.88 Å². The van der Waals surface area contributed by atoms with Crippen molar-refractivity contribution in [3.05, 3.63) is 46.2 Å². The highest BCUT2D eigenvalue weighted by Crippen LogP contribution is 2.31. The van der Waals surface area contributed by atoms with Gasteiger partial charge in [0.2, 0.25) is 0 Å². The Kier molecular flexibility index (Phi) is 5.25. The monoisotopic (exact) mass is 346 g/mol. The number of likely N-dealkylation sites (N-methyl/N-ethyl adjacent to an activating group) is 1. The van der Waals surface area contributed by atoms with Crippen LogP contribution in [0.25, 0.3) is 0 Å². The first-order valence-electron chi connectivity index (χ1n) is 8.12. The van der Waals surface area contributed by atoms with Crippen molar-refractivity contribution in [3.63, 3.8) is 0 Å². The molecule has 1 aliphatic heterocycles. The zero-order valence-electron chi connectivity index (χ0n) is 14.0. The van der Waals surface area contributed by atoms with E-state index >= 15 is 0 Å². The Hall–Kier alpha value is -2.21. The quantitative estimate of drug-likeness (QED) is 0.902. The third-order valence-electron chi connectivity index (χ3n) is 3.87. The van der Waals surface area contributed by atoms with Crippen LogP contribution in [0.4, 0.5) is 4.79 Å². The summed E-state index contributed by atoms with van der Waals surface area (Å²) in [5.41, 5.74) is 0. The first-order valence-corrected chi connectivity index (χ1v) is 8.94. The van der Waals surface area contributed by atoms with Crippen molar-refractivity contribution in [1.29, 1.82) is 0 Å². The second-order valence-corrected chi connectivity index (χ2v) is 7.08. The van der Waals surface area contributed by atoms with Crippen molar-refractivity contribution in [3.8, 4) is 11.5 Å². The lowest BCUT2D eigenvalue weighted by atomic mass is 10.2. The summed E-state index contributed by atoms with van der Waals surface area (Å²) < 4.78 is 11.6. The molecular formula is C18H22N2O3S. The maximum absolute atomic E-state index is 12.4. The van der Waals surface area contributed by atoms with Crippen molar-refractivity contribution < 1.29 is 14.3 Å². The molecule has 0 fully saturated rings. The number of nitrogens with zero attached hydrogens (tertiary/aromatic N) is 1. The lowest BCUT2D eigenvalue weighted by Crippen LogP contribution is -2.47. The lowest BCUT2D eigenvalue weighted by molar-refractivity contribution is 0.0675. The largest absolute Gasteiger partial charge is 0.486 e. The number of hydrogen-bond acceptors (Lipinski definition) is 4. The predicted molar refractivity (Wildman–Crippen MR) is 94.9 cm³/mol. The van der Waals surface area contributed by atoms with Crippen LogP contribution in [0.15, 0.2) is 36.4 Å². The Morgan fingerprint density at radius 2 is 2.08 bits per heavy atom. The number of carbonyl (C=O) groups is 1. The highest BCUT2D eigenvalue weighted by molar-refractivity contribution is 7.11. The van der Waals surface area contributed by atoms with E-state index in [2.05, 4.69) is 18.3 Å². The van der Waals surface area contributed by atoms with Gasteiger partial charge in [-0.1, -0.05) is 12.1 Å². The van der Waals surface area contributed by atoms with Crippen LogP contribution in [-0.2, 0) is 6.54 Å². The fraction of sp³-hybridized carbons (Fsp3) is 0.389. The number of rotatable bonds is 5. The smallest absolute Gasteiger partial charge is 0.317 e. The van der Waals surface area contributed by atoms with Gasteiger partial charge in [0.15, 0.2) is 17.6 Å². The molecule has 1 aromatic carbocycles. The summed E-state index contributed by atoms with van der Waals surface area (Å²) in [7, 11) is 0. The van der Waals surface area contributed by atoms with E-state index in [0.717, 1.165) is 16.4 Å². The zero-order chi connectivity index (χ0) is 16.9. The van der Waals surface area contributed by atoms with Crippen molar-refractivity contribution in [2.24, 2.45) is 0 Å². The van der Waals surface area contributed by atoms with Crippen molar-refractivity contribution in [2.75, 3.05) is 19.7 Å². The molecule has 24 heavy (non-hydrogen) atoms. The van der Waals surface area contributed by atoms with Gasteiger partial charge < -0.3 is 19.7 Å². The molecule has 128 valence electrons. The minimum Gasteiger partial charge on any atom is -0.486 e. The number of fused-ring (bicyclic) bond motifs is 1. The second kappa shape index (κ2) is 7.57. The molecule has 0 saturated heterocycles. The molecule has 1 aromatic heterocycles. The minimum atomic E-state index is -0.158. The van der Waals surface area contributed by atoms with Gasteiger partial charge in [0.05, 0.1) is 13.1 Å². The number of aryl methyl sites for hydroxylation is 1. The first-order chi connectivity index (χ1) is 11.7. The maximum atomic E-state index is 12.4. The molecule has 2 amide bonds. The first kappa shape index (κ1) is 16.6. The van der Waals surface area contributed by atoms with Gasteiger partial charge in [0.1, 0.15) is 6.61 Å². The van der Waals surface area contributed by atoms with E-state index in [9.17, 15) is 4.79 Å². The van der Waals surface area contributed by atoms with E-state index in [0.29, 0.717) is 26.2 Å². The lowest BCUT2D eigenvalue weighted by Gasteiger charge is -2.30. The number of para-hydroxylation sites is 2. The van der Waals surface area contributed by atoms with Gasteiger partial charge in [-0.25, -0.2) is 4.79 Å². The van der Waals surface area contributed by atoms with Crippen LogP contribution in [0.1, 0.15) is 16.7 Å². The van der Waals surface area contributed by atoms with Crippen LogP contribution in [0.5, 0.6) is 11.5 Å². The van der Waals surface area contributed by atoms with Crippen LogP contribution in [0, 0.1) is 6.92 Å². The Balaban J connectivity index is 1.53. The molecule has 5 nitrogen and oxygen atoms in total. The molecule has 0 aliphatic carbocycles. The molecule has 1 unspecified atom stereocenters. The summed E-state index contributed by atoms with van der Waals surface area (Å²) in [6.45, 7) is 6.15. The molecule has 2 aromatic rings. The van der Waals surface area contributed by atoms with E-state index in [-0.39, 0.29) is 12.1 Å². The van der Waals surface area contributed by atoms with Crippen LogP contribution in [0.2, 0.25) is 0 Å². The number of ether oxygens (including phenoxy) is 2. The molecule has 0 bridgehead atoms. The third kappa shape index (κ3) is 4.00. The fourth-order valence-electron chi connectivity index (χ4n) is 2.61. The van der Waals surface area contributed by atoms with E-state index in [1.54, 1.807) is 16.2 Å². The summed E-state index contributed by atoms with van der Waals surface area (Å²) in [5, 5.41) is 2.97. The van der Waals surface area contributed by atoms with Crippen molar-refractivity contribution >= 4 is 17.4 Å². The van der Waals surface area contributed by atoms with E-state index in [1.807, 2.05) is 37.3 Å². The van der Waals surface area contributed by atoms with Gasteiger partial charge >= 0.3 is 6.03 Å². The van der Waals surface area contributed by atoms with Crippen LogP contribution in [-0.4, -0.2) is 36.7 Å². The average molecular weight is 346 g/mol. The van der Waals surface area contributed by atoms with Crippen LogP contribution in [0.3, 0.4) is 0 Å². The number of thiophene rings is 1. The molecule has 1 N–H and O–H groups in total. The summed E-state index contributed by atoms with van der Waals surface area (Å²) >= 11 is 1.70. The molecule has 1 atom stereocenters. The molecule has 0 spiro atoms. The minimum absolute atomic E-state index is 0.0778. The third-order valence-corrected chi connectivity index (χ3v) is 4.87. The van der Waals surface area contributed by atoms with Gasteiger partial charge in [0, 0.05) is 16.3 Å². The van der Waals surface area contributed by atoms with Gasteiger partial charge in [-0.05, 0) is 38.1 Å². The summed E-state index contributed by atoms with van der Waals surface area (Å²) in [6.07, 6.45) is -0.158. The molecule has 0 radical (unpaired) electrons. The summed E-state index contributed by atoms with van der Waals surface area (Å²) in [6, 6.07) is 11.6. The molecule has 0 saturated carbocycles. The van der Waals surface area contributed by atoms with Gasteiger partial charge in [-0.2, -0.15) is 0 Å². The molecule has 1 aliphatic rings. The predicted octanol–water partition coefficient (Wildman–Crippen LogP) is 3.43. The normalized spacial score (nSPS) is 15.8. The summed E-state index contributed by atoms with van der Waals surface area (Å²) in [4.78, 5) is 16.6. The highest BCUT2D eigenvalue weighted by Gasteiger charge is 2.24. The molecular weight excluding hydrogens is 324 g/mol. The summed E-state index contributed by atoms with van der Waals surface area (Å²) in [5.74, 6) is 1.49. The van der Waals surface area contributed by atoms with Crippen LogP contribution < -0.4 is 14.8 Å². The Morgan fingerprint density at radius 3 is 2.79 bits per heavy atom. The number of amides is 2. The Labute approximate surface area is 146 Å². The van der Waals surface area contributed by atoms with E-state index in [4.69, 9.17) is 9.47 Å². The average Bonchev–Trinajstić information content (AvgIpc) is 3.02. The molecule has 3 rings (SSSR count). The molecule has 2 heterocycles. The highest BCUT2D eigenvalue weighted by atomic mass is 32.1. The Bertz CT molecular complexity index is 701. The van der Waals surface area contributed by atoms with Crippen LogP contribution >= 0.6 is 11.3 Å². The maximum Gasteiger partial charge on any atom is 0.317 e. The number of urea groups is 1. The Morgan fingerprint density at radius 1 is 1.29 bits per heavy atom. The van der Waals surface area contributed by atoms with Crippen molar-refractivity contribution in [1.82, 2.24) is 10.2 Å². The topological polar surface area (TPSA) is 50.8 Å². The fourth-order valence-corrected chi connectivity index (χ4v) is 3.44. The molecule has 6 heteroatoms. The SMILES string of the molecule is CCN(CC1COc2ccccc2O1)C(=O)NCc1ccc(C)s1. The number of carbonyl (C=O) groups excluding carboxylic acids is 1. The number of hydrogen-bond donors (Lipinski definition) is 1. The number of nitrogens with one attached hydrogen (secondary N) is 1. The van der Waals surface area contributed by atoms with E-state index < -0.39 is 0 Å². The van der Waals surface area contributed by atoms with Gasteiger partial charge in [-0.3, -0.25) is 0 Å².